The van der Waals surface area contributed by atoms with Crippen molar-refractivity contribution >= 4 is 11.9 Å². The Bertz CT molecular complexity index is 474. The molecule has 0 saturated carbocycles. The van der Waals surface area contributed by atoms with Crippen LogP contribution in [0.4, 0.5) is 0 Å². The van der Waals surface area contributed by atoms with Gasteiger partial charge >= 0.3 is 5.97 Å². The summed E-state index contributed by atoms with van der Waals surface area (Å²) in [6.07, 6.45) is 1.31. The van der Waals surface area contributed by atoms with E-state index in [1.165, 1.54) is 0 Å². The van der Waals surface area contributed by atoms with E-state index in [0.29, 0.717) is 25.0 Å². The van der Waals surface area contributed by atoms with E-state index in [1.54, 1.807) is 24.3 Å². The largest absolute Gasteiger partial charge is 0.479 e. The molecule has 108 valence electrons. The molecule has 0 aromatic heterocycles. The number of aliphatic carboxylic acids is 1. The van der Waals surface area contributed by atoms with E-state index in [0.717, 1.165) is 0 Å². The van der Waals surface area contributed by atoms with Crippen LogP contribution in [0.1, 0.15) is 31.4 Å². The molecule has 2 unspecified atom stereocenters. The number of ether oxygens (including phenoxy) is 1. The van der Waals surface area contributed by atoms with Crippen molar-refractivity contribution in [2.24, 2.45) is 5.92 Å². The number of carbonyl (C=O) groups excluding carboxylic acids is 1. The molecule has 0 aliphatic carbocycles. The zero-order valence-electron chi connectivity index (χ0n) is 11.4. The van der Waals surface area contributed by atoms with E-state index in [9.17, 15) is 14.7 Å². The second-order valence-electron chi connectivity index (χ2n) is 5.09. The van der Waals surface area contributed by atoms with Gasteiger partial charge < -0.3 is 15.2 Å². The van der Waals surface area contributed by atoms with Crippen LogP contribution in [0.15, 0.2) is 30.3 Å². The van der Waals surface area contributed by atoms with E-state index >= 15 is 0 Å². The van der Waals surface area contributed by atoms with Crippen LogP contribution in [0, 0.1) is 5.92 Å². The summed E-state index contributed by atoms with van der Waals surface area (Å²) >= 11 is 0. The lowest BCUT2D eigenvalue weighted by atomic mass is 9.94. The van der Waals surface area contributed by atoms with Crippen molar-refractivity contribution in [3.8, 4) is 0 Å². The van der Waals surface area contributed by atoms with Crippen LogP contribution in [-0.2, 0) is 14.3 Å². The third-order valence-electron chi connectivity index (χ3n) is 3.52. The molecule has 1 amide bonds. The number of nitrogens with one attached hydrogen (secondary N) is 1. The highest BCUT2D eigenvalue weighted by Gasteiger charge is 2.29. The van der Waals surface area contributed by atoms with Gasteiger partial charge in [-0.05, 0) is 25.3 Å². The van der Waals surface area contributed by atoms with Gasteiger partial charge in [0, 0.05) is 12.5 Å². The Balaban J connectivity index is 2.05. The lowest BCUT2D eigenvalue weighted by molar-refractivity contribution is -0.143. The Kier molecular flexibility index (Phi) is 4.74. The minimum Gasteiger partial charge on any atom is -0.479 e. The third kappa shape index (κ3) is 3.57. The first-order valence-electron chi connectivity index (χ1n) is 6.77. The standard InChI is InChI=1S/C15H19NO4/c1-10-9-12(7-8-20-10)14(17)16-13(15(18)19)11-5-3-2-4-6-11/h2-6,10,12-13H,7-9H2,1H3,(H,16,17)(H,18,19)/t10?,12?,13-/m0/s1. The zero-order valence-corrected chi connectivity index (χ0v) is 11.4. The molecule has 3 atom stereocenters. The number of carboxylic acid groups (broad SMARTS) is 1. The zero-order chi connectivity index (χ0) is 14.5. The topological polar surface area (TPSA) is 75.6 Å². The van der Waals surface area contributed by atoms with Crippen molar-refractivity contribution in [3.05, 3.63) is 35.9 Å². The number of amides is 1. The maximum atomic E-state index is 12.2. The average Bonchev–Trinajstić information content (AvgIpc) is 2.45. The van der Waals surface area contributed by atoms with Gasteiger partial charge in [0.05, 0.1) is 6.10 Å². The van der Waals surface area contributed by atoms with Crippen molar-refractivity contribution in [2.45, 2.75) is 31.9 Å². The highest BCUT2D eigenvalue weighted by molar-refractivity contribution is 5.85. The first-order valence-corrected chi connectivity index (χ1v) is 6.77. The van der Waals surface area contributed by atoms with Crippen molar-refractivity contribution < 1.29 is 19.4 Å². The van der Waals surface area contributed by atoms with Gasteiger partial charge in [0.15, 0.2) is 6.04 Å². The monoisotopic (exact) mass is 277 g/mol. The molecule has 1 aliphatic rings. The molecule has 0 radical (unpaired) electrons. The summed E-state index contributed by atoms with van der Waals surface area (Å²) in [5, 5.41) is 11.9. The first-order chi connectivity index (χ1) is 9.58. The molecule has 0 bridgehead atoms. The van der Waals surface area contributed by atoms with Crippen LogP contribution in [0.2, 0.25) is 0 Å². The fourth-order valence-electron chi connectivity index (χ4n) is 2.43. The molecule has 1 saturated heterocycles. The second kappa shape index (κ2) is 6.52. The van der Waals surface area contributed by atoms with Crippen molar-refractivity contribution in [1.82, 2.24) is 5.32 Å². The molecule has 1 aromatic carbocycles. The number of hydrogen-bond acceptors (Lipinski definition) is 3. The molecule has 1 aliphatic heterocycles. The van der Waals surface area contributed by atoms with E-state index in [4.69, 9.17) is 4.74 Å². The van der Waals surface area contributed by atoms with Crippen LogP contribution in [0.3, 0.4) is 0 Å². The molecule has 2 N–H and O–H groups in total. The summed E-state index contributed by atoms with van der Waals surface area (Å²) in [4.78, 5) is 23.5. The lowest BCUT2D eigenvalue weighted by Gasteiger charge is -2.27. The number of rotatable bonds is 4. The predicted octanol–water partition coefficient (Wildman–Crippen LogP) is 1.74. The van der Waals surface area contributed by atoms with Crippen LogP contribution in [-0.4, -0.2) is 29.7 Å². The molecule has 5 heteroatoms. The maximum Gasteiger partial charge on any atom is 0.330 e. The number of carbonyl (C=O) groups is 2. The van der Waals surface area contributed by atoms with Gasteiger partial charge in [0.1, 0.15) is 0 Å². The van der Waals surface area contributed by atoms with E-state index in [2.05, 4.69) is 5.32 Å². The molecular weight excluding hydrogens is 258 g/mol. The lowest BCUT2D eigenvalue weighted by Crippen LogP contribution is -2.40. The smallest absolute Gasteiger partial charge is 0.330 e. The van der Waals surface area contributed by atoms with Gasteiger partial charge in [0.25, 0.3) is 0 Å². The van der Waals surface area contributed by atoms with Gasteiger partial charge in [-0.15, -0.1) is 0 Å². The summed E-state index contributed by atoms with van der Waals surface area (Å²) < 4.78 is 5.40. The number of hydrogen-bond donors (Lipinski definition) is 2. The molecule has 2 rings (SSSR count). The van der Waals surface area contributed by atoms with Crippen LogP contribution >= 0.6 is 0 Å². The van der Waals surface area contributed by atoms with Gasteiger partial charge in [0.2, 0.25) is 5.91 Å². The molecule has 0 spiro atoms. The summed E-state index contributed by atoms with van der Waals surface area (Å²) in [7, 11) is 0. The highest BCUT2D eigenvalue weighted by atomic mass is 16.5. The average molecular weight is 277 g/mol. The first kappa shape index (κ1) is 14.5. The molecule has 1 fully saturated rings. The molecular formula is C15H19NO4. The summed E-state index contributed by atoms with van der Waals surface area (Å²) in [6.45, 7) is 2.47. The minimum absolute atomic E-state index is 0.0412. The molecule has 1 heterocycles. The Morgan fingerprint density at radius 3 is 2.65 bits per heavy atom. The predicted molar refractivity (Wildman–Crippen MR) is 73.1 cm³/mol. The SMILES string of the molecule is CC1CC(C(=O)N[C@H](C(=O)O)c2ccccc2)CCO1. The quantitative estimate of drug-likeness (QED) is 0.879. The molecule has 1 aromatic rings. The van der Waals surface area contributed by atoms with Gasteiger partial charge in [-0.1, -0.05) is 30.3 Å². The van der Waals surface area contributed by atoms with E-state index in [-0.39, 0.29) is 17.9 Å². The Morgan fingerprint density at radius 2 is 2.05 bits per heavy atom. The van der Waals surface area contributed by atoms with Gasteiger partial charge in [-0.2, -0.15) is 0 Å². The Labute approximate surface area is 117 Å². The minimum atomic E-state index is -1.05. The highest BCUT2D eigenvalue weighted by Crippen LogP contribution is 2.22. The van der Waals surface area contributed by atoms with E-state index < -0.39 is 12.0 Å². The van der Waals surface area contributed by atoms with Crippen LogP contribution in [0.25, 0.3) is 0 Å². The van der Waals surface area contributed by atoms with E-state index in [1.807, 2.05) is 13.0 Å². The third-order valence-corrected chi connectivity index (χ3v) is 3.52. The molecule has 5 nitrogen and oxygen atoms in total. The van der Waals surface area contributed by atoms with Gasteiger partial charge in [-0.3, -0.25) is 4.79 Å². The van der Waals surface area contributed by atoms with Crippen LogP contribution in [0.5, 0.6) is 0 Å². The normalized spacial score (nSPS) is 23.9. The van der Waals surface area contributed by atoms with Crippen molar-refractivity contribution in [1.29, 1.82) is 0 Å². The maximum absolute atomic E-state index is 12.2. The second-order valence-corrected chi connectivity index (χ2v) is 5.09. The summed E-state index contributed by atoms with van der Waals surface area (Å²) in [5.41, 5.74) is 0.577. The number of benzene rings is 1. The van der Waals surface area contributed by atoms with Gasteiger partial charge in [-0.25, -0.2) is 4.79 Å². The Hall–Kier alpha value is -1.88. The summed E-state index contributed by atoms with van der Waals surface area (Å²) in [5.74, 6) is -1.44. The summed E-state index contributed by atoms with van der Waals surface area (Å²) in [6, 6.07) is 7.73. The fraction of sp³-hybridized carbons (Fsp3) is 0.467. The van der Waals surface area contributed by atoms with Crippen LogP contribution < -0.4 is 5.32 Å². The van der Waals surface area contributed by atoms with Crippen molar-refractivity contribution in [3.63, 3.8) is 0 Å². The Morgan fingerprint density at radius 1 is 1.35 bits per heavy atom. The fourth-order valence-corrected chi connectivity index (χ4v) is 2.43. The van der Waals surface area contributed by atoms with Crippen molar-refractivity contribution in [2.75, 3.05) is 6.61 Å². The molecule has 20 heavy (non-hydrogen) atoms. The number of carboxylic acids is 1.